The zero-order valence-corrected chi connectivity index (χ0v) is 13.1. The number of halogens is 2. The molecule has 3 rings (SSSR count). The van der Waals surface area contributed by atoms with Gasteiger partial charge in [-0.05, 0) is 12.1 Å². The number of esters is 1. The predicted molar refractivity (Wildman–Crippen MR) is 84.7 cm³/mol. The SMILES string of the molecule is COC(=O)c1cn(-c2cc(F)ccc2F)nc1C(=O)c1ccccc1. The Labute approximate surface area is 141 Å². The first-order chi connectivity index (χ1) is 12.0. The van der Waals surface area contributed by atoms with Gasteiger partial charge in [0, 0.05) is 17.8 Å². The van der Waals surface area contributed by atoms with E-state index in [4.69, 9.17) is 0 Å². The number of aromatic nitrogens is 2. The molecule has 0 aliphatic heterocycles. The number of benzene rings is 2. The van der Waals surface area contributed by atoms with E-state index in [1.54, 1.807) is 30.3 Å². The van der Waals surface area contributed by atoms with Crippen molar-refractivity contribution in [3.63, 3.8) is 0 Å². The Morgan fingerprint density at radius 1 is 1.08 bits per heavy atom. The minimum atomic E-state index is -0.803. The van der Waals surface area contributed by atoms with Crippen LogP contribution in [0.1, 0.15) is 26.4 Å². The predicted octanol–water partition coefficient (Wildman–Crippen LogP) is 3.17. The molecule has 25 heavy (non-hydrogen) atoms. The number of ether oxygens (including phenoxy) is 1. The van der Waals surface area contributed by atoms with E-state index < -0.39 is 23.4 Å². The lowest BCUT2D eigenvalue weighted by Crippen LogP contribution is -2.10. The number of nitrogens with zero attached hydrogens (tertiary/aromatic N) is 2. The maximum absolute atomic E-state index is 14.0. The first-order valence-corrected chi connectivity index (χ1v) is 7.24. The Morgan fingerprint density at radius 2 is 1.80 bits per heavy atom. The van der Waals surface area contributed by atoms with Crippen LogP contribution in [0.15, 0.2) is 54.7 Å². The molecule has 0 bridgehead atoms. The second-order valence-electron chi connectivity index (χ2n) is 5.12. The van der Waals surface area contributed by atoms with Crippen molar-refractivity contribution in [3.8, 4) is 5.69 Å². The number of carbonyl (C=O) groups excluding carboxylic acids is 2. The summed E-state index contributed by atoms with van der Waals surface area (Å²) in [6.45, 7) is 0. The van der Waals surface area contributed by atoms with Gasteiger partial charge in [-0.15, -0.1) is 0 Å². The molecular formula is C18H12F2N2O3. The summed E-state index contributed by atoms with van der Waals surface area (Å²) in [7, 11) is 1.15. The van der Waals surface area contributed by atoms with E-state index in [0.29, 0.717) is 5.56 Å². The number of ketones is 1. The van der Waals surface area contributed by atoms with Crippen molar-refractivity contribution in [2.24, 2.45) is 0 Å². The standard InChI is InChI=1S/C18H12F2N2O3/c1-25-18(24)13-10-22(15-9-12(19)7-8-14(15)20)21-16(13)17(23)11-5-3-2-4-6-11/h2-10H,1H3. The molecule has 1 heterocycles. The molecule has 0 radical (unpaired) electrons. The summed E-state index contributed by atoms with van der Waals surface area (Å²) >= 11 is 0. The average Bonchev–Trinajstić information content (AvgIpc) is 3.08. The molecule has 0 saturated heterocycles. The van der Waals surface area contributed by atoms with E-state index >= 15 is 0 Å². The summed E-state index contributed by atoms with van der Waals surface area (Å²) in [5.41, 5.74) is -0.267. The minimum absolute atomic E-state index is 0.139. The smallest absolute Gasteiger partial charge is 0.341 e. The van der Waals surface area contributed by atoms with Gasteiger partial charge in [-0.2, -0.15) is 5.10 Å². The largest absolute Gasteiger partial charge is 0.465 e. The summed E-state index contributed by atoms with van der Waals surface area (Å²) in [5, 5.41) is 3.99. The Balaban J connectivity index is 2.15. The van der Waals surface area contributed by atoms with Gasteiger partial charge in [0.15, 0.2) is 0 Å². The molecule has 0 unspecified atom stereocenters. The Hall–Kier alpha value is -3.35. The van der Waals surface area contributed by atoms with Gasteiger partial charge in [-0.3, -0.25) is 4.79 Å². The maximum atomic E-state index is 14.0. The van der Waals surface area contributed by atoms with E-state index in [9.17, 15) is 18.4 Å². The third kappa shape index (κ3) is 3.16. The lowest BCUT2D eigenvalue weighted by atomic mass is 10.1. The second-order valence-corrected chi connectivity index (χ2v) is 5.12. The molecule has 2 aromatic carbocycles. The van der Waals surface area contributed by atoms with E-state index in [2.05, 4.69) is 9.84 Å². The van der Waals surface area contributed by atoms with Gasteiger partial charge in [0.25, 0.3) is 0 Å². The fraction of sp³-hybridized carbons (Fsp3) is 0.0556. The molecular weight excluding hydrogens is 330 g/mol. The van der Waals surface area contributed by atoms with Gasteiger partial charge in [0.1, 0.15) is 28.6 Å². The fourth-order valence-electron chi connectivity index (χ4n) is 2.31. The summed E-state index contributed by atoms with van der Waals surface area (Å²) in [4.78, 5) is 24.6. The molecule has 1 aromatic heterocycles. The van der Waals surface area contributed by atoms with Crippen molar-refractivity contribution in [2.75, 3.05) is 7.11 Å². The van der Waals surface area contributed by atoms with Crippen LogP contribution in [0.2, 0.25) is 0 Å². The lowest BCUT2D eigenvalue weighted by molar-refractivity contribution is 0.0597. The summed E-state index contributed by atoms with van der Waals surface area (Å²) in [6, 6.07) is 11.0. The highest BCUT2D eigenvalue weighted by molar-refractivity contribution is 6.13. The highest BCUT2D eigenvalue weighted by Crippen LogP contribution is 2.20. The van der Waals surface area contributed by atoms with Crippen LogP contribution in [-0.4, -0.2) is 28.6 Å². The first-order valence-electron chi connectivity index (χ1n) is 7.24. The molecule has 0 amide bonds. The molecule has 126 valence electrons. The maximum Gasteiger partial charge on any atom is 0.341 e. The van der Waals surface area contributed by atoms with Crippen molar-refractivity contribution in [2.45, 2.75) is 0 Å². The Morgan fingerprint density at radius 3 is 2.48 bits per heavy atom. The number of hydrogen-bond acceptors (Lipinski definition) is 4. The number of hydrogen-bond donors (Lipinski definition) is 0. The van der Waals surface area contributed by atoms with Crippen LogP contribution < -0.4 is 0 Å². The number of methoxy groups -OCH3 is 1. The second kappa shape index (κ2) is 6.64. The van der Waals surface area contributed by atoms with Crippen molar-refractivity contribution in [1.29, 1.82) is 0 Å². The van der Waals surface area contributed by atoms with Crippen molar-refractivity contribution < 1.29 is 23.1 Å². The molecule has 0 spiro atoms. The van der Waals surface area contributed by atoms with Crippen LogP contribution >= 0.6 is 0 Å². The van der Waals surface area contributed by atoms with Gasteiger partial charge in [0.05, 0.1) is 7.11 Å². The van der Waals surface area contributed by atoms with Crippen LogP contribution in [0.25, 0.3) is 5.69 Å². The van der Waals surface area contributed by atoms with Gasteiger partial charge in [-0.1, -0.05) is 30.3 Å². The molecule has 0 N–H and O–H groups in total. The first kappa shape index (κ1) is 16.5. The fourth-order valence-corrected chi connectivity index (χ4v) is 2.31. The van der Waals surface area contributed by atoms with E-state index in [0.717, 1.165) is 36.2 Å². The van der Waals surface area contributed by atoms with Gasteiger partial charge >= 0.3 is 5.97 Å². The quantitative estimate of drug-likeness (QED) is 0.540. The lowest BCUT2D eigenvalue weighted by Gasteiger charge is -2.03. The van der Waals surface area contributed by atoms with E-state index in [1.165, 1.54) is 0 Å². The van der Waals surface area contributed by atoms with Crippen LogP contribution in [0.5, 0.6) is 0 Å². The number of rotatable bonds is 4. The normalized spacial score (nSPS) is 10.5. The van der Waals surface area contributed by atoms with Crippen LogP contribution in [-0.2, 0) is 4.74 Å². The van der Waals surface area contributed by atoms with Crippen molar-refractivity contribution >= 4 is 11.8 Å². The van der Waals surface area contributed by atoms with Crippen LogP contribution in [0.4, 0.5) is 8.78 Å². The average molecular weight is 342 g/mol. The Bertz CT molecular complexity index is 952. The summed E-state index contributed by atoms with van der Waals surface area (Å²) < 4.78 is 33.0. The molecule has 0 atom stereocenters. The summed E-state index contributed by atoms with van der Waals surface area (Å²) in [5.74, 6) is -2.76. The molecule has 7 heteroatoms. The van der Waals surface area contributed by atoms with E-state index in [-0.39, 0.29) is 16.9 Å². The van der Waals surface area contributed by atoms with Gasteiger partial charge < -0.3 is 4.74 Å². The molecule has 0 aliphatic rings. The zero-order chi connectivity index (χ0) is 18.0. The van der Waals surface area contributed by atoms with Crippen molar-refractivity contribution in [1.82, 2.24) is 9.78 Å². The molecule has 0 aliphatic carbocycles. The van der Waals surface area contributed by atoms with Gasteiger partial charge in [-0.25, -0.2) is 18.3 Å². The van der Waals surface area contributed by atoms with Crippen LogP contribution in [0.3, 0.4) is 0 Å². The van der Waals surface area contributed by atoms with Crippen LogP contribution in [0, 0.1) is 11.6 Å². The molecule has 0 saturated carbocycles. The highest BCUT2D eigenvalue weighted by Gasteiger charge is 2.25. The monoisotopic (exact) mass is 342 g/mol. The highest BCUT2D eigenvalue weighted by atomic mass is 19.1. The van der Waals surface area contributed by atoms with Crippen molar-refractivity contribution in [3.05, 3.63) is 83.2 Å². The minimum Gasteiger partial charge on any atom is -0.465 e. The van der Waals surface area contributed by atoms with E-state index in [1.807, 2.05) is 0 Å². The van der Waals surface area contributed by atoms with Gasteiger partial charge in [0.2, 0.25) is 5.78 Å². The topological polar surface area (TPSA) is 61.2 Å². The molecule has 3 aromatic rings. The zero-order valence-electron chi connectivity index (χ0n) is 13.1. The third-order valence-corrected chi connectivity index (χ3v) is 3.53. The third-order valence-electron chi connectivity index (χ3n) is 3.53. The summed E-state index contributed by atoms with van der Waals surface area (Å²) in [6.07, 6.45) is 1.14. The molecule has 5 nitrogen and oxygen atoms in total. The Kier molecular flexibility index (Phi) is 4.38. The number of carbonyl (C=O) groups is 2. The molecule has 0 fully saturated rings.